The quantitative estimate of drug-likeness (QED) is 0.508. The Morgan fingerprint density at radius 1 is 1.45 bits per heavy atom. The molecule has 0 aromatic heterocycles. The van der Waals surface area contributed by atoms with Gasteiger partial charge in [-0.05, 0) is 13.8 Å². The molecule has 0 aliphatic carbocycles. The van der Waals surface area contributed by atoms with E-state index in [4.69, 9.17) is 4.74 Å². The van der Waals surface area contributed by atoms with Crippen LogP contribution < -0.4 is 0 Å². The highest BCUT2D eigenvalue weighted by atomic mass is 16.5. The second-order valence-electron chi connectivity index (χ2n) is 3.55. The van der Waals surface area contributed by atoms with Gasteiger partial charge in [-0.3, -0.25) is 4.99 Å². The topological polar surface area (TPSA) is 24.8 Å². The lowest BCUT2D eigenvalue weighted by atomic mass is 10.1. The summed E-state index contributed by atoms with van der Waals surface area (Å²) < 4.78 is 5.61. The van der Waals surface area contributed by atoms with Crippen LogP contribution in [-0.4, -0.2) is 42.6 Å². The Balaban J connectivity index is 2.24. The minimum Gasteiger partial charge on any atom is -0.366 e. The monoisotopic (exact) mass is 154 g/mol. The van der Waals surface area contributed by atoms with E-state index in [0.717, 1.165) is 32.1 Å². The largest absolute Gasteiger partial charge is 0.366 e. The van der Waals surface area contributed by atoms with Crippen LogP contribution in [0.3, 0.4) is 0 Å². The van der Waals surface area contributed by atoms with Crippen molar-refractivity contribution >= 4 is 5.84 Å². The Bertz CT molecular complexity index is 198. The molecule has 1 saturated heterocycles. The van der Waals surface area contributed by atoms with Crippen molar-refractivity contribution in [3.8, 4) is 0 Å². The Hall–Kier alpha value is -0.570. The first-order valence-corrected chi connectivity index (χ1v) is 4.14. The zero-order chi connectivity index (χ0) is 7.90. The fourth-order valence-corrected chi connectivity index (χ4v) is 1.75. The van der Waals surface area contributed by atoms with Crippen molar-refractivity contribution in [2.45, 2.75) is 19.4 Å². The van der Waals surface area contributed by atoms with Gasteiger partial charge in [-0.2, -0.15) is 0 Å². The smallest absolute Gasteiger partial charge is 0.131 e. The second kappa shape index (κ2) is 2.21. The van der Waals surface area contributed by atoms with Gasteiger partial charge in [0.25, 0.3) is 0 Å². The fraction of sp³-hybridized carbons (Fsp3) is 0.875. The van der Waals surface area contributed by atoms with E-state index in [2.05, 4.69) is 23.7 Å². The van der Waals surface area contributed by atoms with Gasteiger partial charge in [-0.25, -0.2) is 0 Å². The van der Waals surface area contributed by atoms with Crippen LogP contribution in [0.4, 0.5) is 0 Å². The van der Waals surface area contributed by atoms with Gasteiger partial charge in [0.1, 0.15) is 11.4 Å². The molecule has 0 saturated carbocycles. The number of fused-ring (bicyclic) bond motifs is 1. The summed E-state index contributed by atoms with van der Waals surface area (Å²) in [6.07, 6.45) is 0. The molecule has 0 radical (unpaired) electrons. The molecule has 3 nitrogen and oxygen atoms in total. The molecular weight excluding hydrogens is 140 g/mol. The third kappa shape index (κ3) is 1.03. The number of hydrogen-bond donors (Lipinski definition) is 0. The molecule has 0 spiro atoms. The summed E-state index contributed by atoms with van der Waals surface area (Å²) in [5.74, 6) is 1.14. The highest BCUT2D eigenvalue weighted by Gasteiger charge is 2.36. The number of amidine groups is 1. The van der Waals surface area contributed by atoms with Crippen LogP contribution in [0.25, 0.3) is 0 Å². The van der Waals surface area contributed by atoms with E-state index in [1.54, 1.807) is 0 Å². The average Bonchev–Trinajstić information content (AvgIpc) is 2.34. The van der Waals surface area contributed by atoms with E-state index < -0.39 is 0 Å². The zero-order valence-electron chi connectivity index (χ0n) is 7.13. The predicted molar refractivity (Wildman–Crippen MR) is 43.9 cm³/mol. The third-order valence-corrected chi connectivity index (χ3v) is 2.29. The molecule has 62 valence electrons. The number of ether oxygens (including phenoxy) is 1. The van der Waals surface area contributed by atoms with Crippen LogP contribution in [0.5, 0.6) is 0 Å². The summed E-state index contributed by atoms with van der Waals surface area (Å²) in [4.78, 5) is 6.75. The van der Waals surface area contributed by atoms with E-state index in [0.29, 0.717) is 0 Å². The molecule has 0 atom stereocenters. The number of aliphatic imine (C=N–C) groups is 1. The van der Waals surface area contributed by atoms with Crippen molar-refractivity contribution in [2.75, 3.05) is 26.2 Å². The number of morpholine rings is 1. The Kier molecular flexibility index (Phi) is 1.42. The van der Waals surface area contributed by atoms with Gasteiger partial charge in [0, 0.05) is 13.1 Å². The normalized spacial score (nSPS) is 28.2. The van der Waals surface area contributed by atoms with Crippen molar-refractivity contribution in [1.29, 1.82) is 0 Å². The average molecular weight is 154 g/mol. The van der Waals surface area contributed by atoms with Crippen molar-refractivity contribution in [2.24, 2.45) is 4.99 Å². The van der Waals surface area contributed by atoms with Gasteiger partial charge < -0.3 is 9.64 Å². The zero-order valence-corrected chi connectivity index (χ0v) is 7.13. The minimum atomic E-state index is -0.144. The van der Waals surface area contributed by atoms with Gasteiger partial charge in [0.15, 0.2) is 0 Å². The Morgan fingerprint density at radius 3 is 3.00 bits per heavy atom. The van der Waals surface area contributed by atoms with Crippen LogP contribution >= 0.6 is 0 Å². The van der Waals surface area contributed by atoms with E-state index >= 15 is 0 Å². The summed E-state index contributed by atoms with van der Waals surface area (Å²) in [5, 5.41) is 0. The second-order valence-corrected chi connectivity index (χ2v) is 3.55. The maximum atomic E-state index is 5.61. The molecule has 0 aromatic rings. The lowest BCUT2D eigenvalue weighted by Gasteiger charge is -2.37. The summed E-state index contributed by atoms with van der Waals surface area (Å²) in [6.45, 7) is 8.06. The van der Waals surface area contributed by atoms with Crippen LogP contribution in [0, 0.1) is 0 Å². The standard InChI is InChI=1S/C8H14N2O/c1-8(2)7-9-3-4-10(7)5-6-11-8/h3-6H2,1-2H3. The van der Waals surface area contributed by atoms with Crippen molar-refractivity contribution < 1.29 is 4.74 Å². The SMILES string of the molecule is CC1(C)OCCN2CCN=C21. The summed E-state index contributed by atoms with van der Waals surface area (Å²) in [6, 6.07) is 0. The molecule has 3 heteroatoms. The van der Waals surface area contributed by atoms with Crippen LogP contribution in [0.2, 0.25) is 0 Å². The molecule has 2 aliphatic rings. The van der Waals surface area contributed by atoms with Gasteiger partial charge in [-0.15, -0.1) is 0 Å². The van der Waals surface area contributed by atoms with Crippen molar-refractivity contribution in [3.63, 3.8) is 0 Å². The van der Waals surface area contributed by atoms with E-state index in [-0.39, 0.29) is 5.60 Å². The van der Waals surface area contributed by atoms with Gasteiger partial charge in [-0.1, -0.05) is 0 Å². The molecule has 0 bridgehead atoms. The number of hydrogen-bond acceptors (Lipinski definition) is 3. The highest BCUT2D eigenvalue weighted by Crippen LogP contribution is 2.22. The summed E-state index contributed by atoms with van der Waals surface area (Å²) >= 11 is 0. The van der Waals surface area contributed by atoms with Gasteiger partial charge >= 0.3 is 0 Å². The molecule has 2 aliphatic heterocycles. The Morgan fingerprint density at radius 2 is 2.27 bits per heavy atom. The van der Waals surface area contributed by atoms with E-state index in [1.807, 2.05) is 0 Å². The van der Waals surface area contributed by atoms with Crippen LogP contribution in [0.1, 0.15) is 13.8 Å². The Labute approximate surface area is 67.1 Å². The number of nitrogens with zero attached hydrogens (tertiary/aromatic N) is 2. The molecule has 0 unspecified atom stereocenters. The molecule has 2 rings (SSSR count). The molecular formula is C8H14N2O. The molecule has 0 N–H and O–H groups in total. The van der Waals surface area contributed by atoms with Crippen molar-refractivity contribution in [3.05, 3.63) is 0 Å². The molecule has 11 heavy (non-hydrogen) atoms. The molecule has 0 aromatic carbocycles. The summed E-state index contributed by atoms with van der Waals surface area (Å²) in [5.41, 5.74) is -0.144. The van der Waals surface area contributed by atoms with Crippen molar-refractivity contribution in [1.82, 2.24) is 4.90 Å². The first-order valence-electron chi connectivity index (χ1n) is 4.14. The molecule has 2 heterocycles. The third-order valence-electron chi connectivity index (χ3n) is 2.29. The minimum absolute atomic E-state index is 0.144. The predicted octanol–water partition coefficient (Wildman–Crippen LogP) is 0.509. The first-order chi connectivity index (χ1) is 5.20. The van der Waals surface area contributed by atoms with E-state index in [1.165, 1.54) is 0 Å². The maximum absolute atomic E-state index is 5.61. The number of rotatable bonds is 0. The summed E-state index contributed by atoms with van der Waals surface area (Å²) in [7, 11) is 0. The molecule has 0 amide bonds. The van der Waals surface area contributed by atoms with Gasteiger partial charge in [0.2, 0.25) is 0 Å². The lowest BCUT2D eigenvalue weighted by molar-refractivity contribution is -0.00197. The van der Waals surface area contributed by atoms with Gasteiger partial charge in [0.05, 0.1) is 13.2 Å². The lowest BCUT2D eigenvalue weighted by Crippen LogP contribution is -2.51. The van der Waals surface area contributed by atoms with Crippen LogP contribution in [-0.2, 0) is 4.74 Å². The van der Waals surface area contributed by atoms with Crippen LogP contribution in [0.15, 0.2) is 4.99 Å². The first kappa shape index (κ1) is 7.10. The molecule has 1 fully saturated rings. The fourth-order valence-electron chi connectivity index (χ4n) is 1.75. The van der Waals surface area contributed by atoms with E-state index in [9.17, 15) is 0 Å². The highest BCUT2D eigenvalue weighted by molar-refractivity contribution is 5.91. The maximum Gasteiger partial charge on any atom is 0.131 e.